The molecule has 0 fully saturated rings. The molecular weight excluding hydrogens is 230 g/mol. The van der Waals surface area contributed by atoms with Crippen LogP contribution in [-0.4, -0.2) is 0 Å². The van der Waals surface area contributed by atoms with Crippen LogP contribution in [0.5, 0.6) is 0 Å². The van der Waals surface area contributed by atoms with Gasteiger partial charge in [0.15, 0.2) is 0 Å². The van der Waals surface area contributed by atoms with Gasteiger partial charge in [0.05, 0.1) is 6.04 Å². The van der Waals surface area contributed by atoms with Crippen molar-refractivity contribution in [1.82, 2.24) is 0 Å². The summed E-state index contributed by atoms with van der Waals surface area (Å²) in [6.07, 6.45) is 8.31. The summed E-state index contributed by atoms with van der Waals surface area (Å²) in [6.45, 7) is 0. The Kier molecular flexibility index (Phi) is 2.44. The zero-order valence-corrected chi connectivity index (χ0v) is 10.9. The fourth-order valence-electron chi connectivity index (χ4n) is 3.17. The summed E-state index contributed by atoms with van der Waals surface area (Å²) in [5.41, 5.74) is 6.98. The fraction of sp³-hybridized carbons (Fsp3) is 0.222. The average molecular weight is 247 g/mol. The van der Waals surface area contributed by atoms with E-state index in [9.17, 15) is 0 Å². The third kappa shape index (κ3) is 1.86. The number of benzene rings is 2. The van der Waals surface area contributed by atoms with Crippen molar-refractivity contribution in [2.45, 2.75) is 25.3 Å². The molecule has 1 nitrogen and oxygen atoms in total. The second-order valence-electron chi connectivity index (χ2n) is 5.45. The molecule has 1 heterocycles. The van der Waals surface area contributed by atoms with E-state index in [4.69, 9.17) is 0 Å². The lowest BCUT2D eigenvalue weighted by atomic mass is 9.97. The molecule has 0 saturated heterocycles. The summed E-state index contributed by atoms with van der Waals surface area (Å²) in [5, 5.41) is 3.62. The Hall–Kier alpha value is -2.02. The Morgan fingerprint density at radius 3 is 2.84 bits per heavy atom. The number of fused-ring (bicyclic) bond motifs is 2. The summed E-state index contributed by atoms with van der Waals surface area (Å²) in [4.78, 5) is 0. The van der Waals surface area contributed by atoms with Gasteiger partial charge < -0.3 is 5.32 Å². The van der Waals surface area contributed by atoms with Crippen LogP contribution in [-0.2, 0) is 12.8 Å². The third-order valence-corrected chi connectivity index (χ3v) is 4.22. The van der Waals surface area contributed by atoms with E-state index in [0.29, 0.717) is 6.04 Å². The Balaban J connectivity index is 1.68. The van der Waals surface area contributed by atoms with Gasteiger partial charge in [0, 0.05) is 5.69 Å². The molecule has 0 spiro atoms. The van der Waals surface area contributed by atoms with E-state index >= 15 is 0 Å². The highest BCUT2D eigenvalue weighted by atomic mass is 14.9. The zero-order chi connectivity index (χ0) is 12.7. The van der Waals surface area contributed by atoms with Gasteiger partial charge >= 0.3 is 0 Å². The van der Waals surface area contributed by atoms with Crippen molar-refractivity contribution >= 4 is 11.8 Å². The molecule has 0 bridgehead atoms. The minimum Gasteiger partial charge on any atom is -0.374 e. The topological polar surface area (TPSA) is 12.0 Å². The molecule has 1 heteroatoms. The lowest BCUT2D eigenvalue weighted by Crippen LogP contribution is -2.12. The Labute approximate surface area is 114 Å². The summed E-state index contributed by atoms with van der Waals surface area (Å²) >= 11 is 0. The quantitative estimate of drug-likeness (QED) is 0.789. The number of aryl methyl sites for hydroxylation is 2. The SMILES string of the molecule is C1=CC(c2ccc3c(c2)CCC3)Nc2ccccc21. The van der Waals surface area contributed by atoms with E-state index in [2.05, 4.69) is 59.9 Å². The van der Waals surface area contributed by atoms with Crippen molar-refractivity contribution in [1.29, 1.82) is 0 Å². The lowest BCUT2D eigenvalue weighted by molar-refractivity contribution is 0.910. The minimum absolute atomic E-state index is 0.306. The third-order valence-electron chi connectivity index (χ3n) is 4.22. The first-order valence-electron chi connectivity index (χ1n) is 7.06. The smallest absolute Gasteiger partial charge is 0.0701 e. The van der Waals surface area contributed by atoms with Crippen LogP contribution < -0.4 is 5.32 Å². The van der Waals surface area contributed by atoms with Gasteiger partial charge in [-0.2, -0.15) is 0 Å². The molecule has 2 aliphatic rings. The molecule has 94 valence electrons. The van der Waals surface area contributed by atoms with Gasteiger partial charge in [-0.05, 0) is 47.6 Å². The van der Waals surface area contributed by atoms with Crippen LogP contribution in [0.2, 0.25) is 0 Å². The van der Waals surface area contributed by atoms with Crippen molar-refractivity contribution in [3.8, 4) is 0 Å². The molecule has 0 aromatic heterocycles. The number of nitrogens with one attached hydrogen (secondary N) is 1. The van der Waals surface area contributed by atoms with Gasteiger partial charge in [0.1, 0.15) is 0 Å². The second kappa shape index (κ2) is 4.27. The molecule has 1 atom stereocenters. The lowest BCUT2D eigenvalue weighted by Gasteiger charge is -2.23. The molecule has 1 aliphatic carbocycles. The number of hydrogen-bond acceptors (Lipinski definition) is 1. The molecule has 4 rings (SSSR count). The van der Waals surface area contributed by atoms with Crippen LogP contribution in [0, 0.1) is 0 Å². The van der Waals surface area contributed by atoms with E-state index in [1.165, 1.54) is 36.1 Å². The normalized spacial score (nSPS) is 19.7. The van der Waals surface area contributed by atoms with Gasteiger partial charge in [-0.3, -0.25) is 0 Å². The maximum Gasteiger partial charge on any atom is 0.0701 e. The number of rotatable bonds is 1. The van der Waals surface area contributed by atoms with Crippen LogP contribution in [0.3, 0.4) is 0 Å². The number of anilines is 1. The van der Waals surface area contributed by atoms with Crippen molar-refractivity contribution < 1.29 is 0 Å². The monoisotopic (exact) mass is 247 g/mol. The maximum absolute atomic E-state index is 3.62. The van der Waals surface area contributed by atoms with Crippen LogP contribution in [0.1, 0.15) is 34.7 Å². The second-order valence-corrected chi connectivity index (χ2v) is 5.45. The molecule has 1 N–H and O–H groups in total. The molecule has 2 aromatic carbocycles. The van der Waals surface area contributed by atoms with Crippen LogP contribution in [0.15, 0.2) is 48.5 Å². The van der Waals surface area contributed by atoms with E-state index in [1.54, 1.807) is 11.1 Å². The predicted octanol–water partition coefficient (Wildman–Crippen LogP) is 4.36. The van der Waals surface area contributed by atoms with Gasteiger partial charge in [-0.25, -0.2) is 0 Å². The highest BCUT2D eigenvalue weighted by molar-refractivity contribution is 5.71. The first-order chi connectivity index (χ1) is 9.40. The van der Waals surface area contributed by atoms with Gasteiger partial charge in [0.2, 0.25) is 0 Å². The van der Waals surface area contributed by atoms with Crippen molar-refractivity contribution in [2.24, 2.45) is 0 Å². The van der Waals surface area contributed by atoms with E-state index in [1.807, 2.05) is 0 Å². The summed E-state index contributed by atoms with van der Waals surface area (Å²) < 4.78 is 0. The Bertz CT molecular complexity index is 654. The van der Waals surface area contributed by atoms with E-state index in [-0.39, 0.29) is 0 Å². The summed E-state index contributed by atoms with van der Waals surface area (Å²) in [7, 11) is 0. The zero-order valence-electron chi connectivity index (χ0n) is 10.9. The highest BCUT2D eigenvalue weighted by Crippen LogP contribution is 2.32. The Morgan fingerprint density at radius 2 is 1.84 bits per heavy atom. The molecule has 0 amide bonds. The molecule has 1 aliphatic heterocycles. The minimum atomic E-state index is 0.306. The van der Waals surface area contributed by atoms with Crippen molar-refractivity contribution in [3.63, 3.8) is 0 Å². The molecule has 1 unspecified atom stereocenters. The number of para-hydroxylation sites is 1. The average Bonchev–Trinajstić information content (AvgIpc) is 2.94. The summed E-state index contributed by atoms with van der Waals surface area (Å²) in [5.74, 6) is 0. The highest BCUT2D eigenvalue weighted by Gasteiger charge is 2.17. The van der Waals surface area contributed by atoms with E-state index in [0.717, 1.165) is 0 Å². The van der Waals surface area contributed by atoms with Crippen LogP contribution >= 0.6 is 0 Å². The Morgan fingerprint density at radius 1 is 0.947 bits per heavy atom. The first-order valence-corrected chi connectivity index (χ1v) is 7.06. The van der Waals surface area contributed by atoms with Crippen molar-refractivity contribution in [2.75, 3.05) is 5.32 Å². The van der Waals surface area contributed by atoms with Crippen LogP contribution in [0.4, 0.5) is 5.69 Å². The molecular formula is C18H17N. The van der Waals surface area contributed by atoms with Crippen molar-refractivity contribution in [3.05, 3.63) is 70.8 Å². The summed E-state index contributed by atoms with van der Waals surface area (Å²) in [6, 6.07) is 15.8. The van der Waals surface area contributed by atoms with Gasteiger partial charge in [-0.15, -0.1) is 0 Å². The molecule has 19 heavy (non-hydrogen) atoms. The largest absolute Gasteiger partial charge is 0.374 e. The number of hydrogen-bond donors (Lipinski definition) is 1. The van der Waals surface area contributed by atoms with Crippen LogP contribution in [0.25, 0.3) is 6.08 Å². The van der Waals surface area contributed by atoms with E-state index < -0.39 is 0 Å². The predicted molar refractivity (Wildman–Crippen MR) is 80.3 cm³/mol. The standard InChI is InChI=1S/C18H17N/c1-2-7-17-14(4-1)10-11-18(19-17)16-9-8-13-5-3-6-15(13)12-16/h1-2,4,7-12,18-19H,3,5-6H2. The first kappa shape index (κ1) is 10.9. The fourth-order valence-corrected chi connectivity index (χ4v) is 3.17. The maximum atomic E-state index is 3.62. The van der Waals surface area contributed by atoms with Gasteiger partial charge in [-0.1, -0.05) is 48.6 Å². The molecule has 2 aromatic rings. The van der Waals surface area contributed by atoms with Gasteiger partial charge in [0.25, 0.3) is 0 Å². The molecule has 0 saturated carbocycles. The molecule has 0 radical (unpaired) electrons.